The van der Waals surface area contributed by atoms with E-state index in [0.717, 1.165) is 31.4 Å². The molecule has 2 aliphatic rings. The van der Waals surface area contributed by atoms with Crippen molar-refractivity contribution < 1.29 is 13.2 Å². The number of carbonyl (C=O) groups is 1. The Labute approximate surface area is 131 Å². The predicted molar refractivity (Wildman–Crippen MR) is 86.2 cm³/mol. The Balaban J connectivity index is 1.66. The summed E-state index contributed by atoms with van der Waals surface area (Å²) in [6.07, 6.45) is 6.05. The van der Waals surface area contributed by atoms with Gasteiger partial charge in [0.05, 0.1) is 12.2 Å². The maximum atomic E-state index is 12.4. The molecule has 6 heteroatoms. The number of fused-ring (bicyclic) bond motifs is 1. The van der Waals surface area contributed by atoms with Gasteiger partial charge in [0.2, 0.25) is 15.9 Å². The molecule has 1 N–H and O–H groups in total. The van der Waals surface area contributed by atoms with Crippen molar-refractivity contribution in [3.8, 4) is 0 Å². The molecule has 1 amide bonds. The molecule has 0 unspecified atom stereocenters. The quantitative estimate of drug-likeness (QED) is 0.922. The van der Waals surface area contributed by atoms with Gasteiger partial charge >= 0.3 is 0 Å². The van der Waals surface area contributed by atoms with Crippen LogP contribution in [0.2, 0.25) is 0 Å². The second-order valence-corrected chi connectivity index (χ2v) is 8.27. The first-order valence-corrected chi connectivity index (χ1v) is 9.66. The van der Waals surface area contributed by atoms with E-state index in [4.69, 9.17) is 0 Å². The van der Waals surface area contributed by atoms with Gasteiger partial charge in [0.1, 0.15) is 0 Å². The molecule has 1 saturated heterocycles. The van der Waals surface area contributed by atoms with Crippen LogP contribution in [0.3, 0.4) is 0 Å². The Morgan fingerprint density at radius 3 is 2.77 bits per heavy atom. The molecule has 120 valence electrons. The minimum Gasteiger partial charge on any atom is -0.326 e. The fourth-order valence-electron chi connectivity index (χ4n) is 3.35. The third-order valence-electron chi connectivity index (χ3n) is 4.59. The number of anilines is 1. The van der Waals surface area contributed by atoms with Gasteiger partial charge in [0.25, 0.3) is 0 Å². The summed E-state index contributed by atoms with van der Waals surface area (Å²) in [5, 5.41) is 2.95. The van der Waals surface area contributed by atoms with Crippen LogP contribution in [-0.2, 0) is 27.7 Å². The zero-order valence-corrected chi connectivity index (χ0v) is 13.7. The number of hydrogen-bond acceptors (Lipinski definition) is 3. The maximum Gasteiger partial charge on any atom is 0.228 e. The standard InChI is InChI=1S/C16H22N2O3S/c1-22(20,21)18-9-3-6-14(11-18)16(19)17-15-8-7-12-4-2-5-13(12)10-15/h7-8,10,14H,2-6,9,11H2,1H3,(H,17,19)/t14-/m0/s1. The van der Waals surface area contributed by atoms with Crippen LogP contribution in [0.25, 0.3) is 0 Å². The first-order valence-electron chi connectivity index (χ1n) is 7.81. The van der Waals surface area contributed by atoms with Crippen molar-refractivity contribution in [2.24, 2.45) is 5.92 Å². The second-order valence-electron chi connectivity index (χ2n) is 6.29. The molecular formula is C16H22N2O3S. The summed E-state index contributed by atoms with van der Waals surface area (Å²) >= 11 is 0. The molecule has 1 heterocycles. The highest BCUT2D eigenvalue weighted by atomic mass is 32.2. The number of rotatable bonds is 3. The van der Waals surface area contributed by atoms with Crippen LogP contribution < -0.4 is 5.32 Å². The first kappa shape index (κ1) is 15.5. The Morgan fingerprint density at radius 1 is 1.23 bits per heavy atom. The summed E-state index contributed by atoms with van der Waals surface area (Å²) in [6.45, 7) is 0.803. The van der Waals surface area contributed by atoms with Gasteiger partial charge in [-0.25, -0.2) is 12.7 Å². The third kappa shape index (κ3) is 3.33. The van der Waals surface area contributed by atoms with E-state index in [1.54, 1.807) is 0 Å². The van der Waals surface area contributed by atoms with E-state index in [1.807, 2.05) is 6.07 Å². The van der Waals surface area contributed by atoms with Crippen LogP contribution in [-0.4, -0.2) is 38.0 Å². The average molecular weight is 322 g/mol. The fourth-order valence-corrected chi connectivity index (χ4v) is 4.26. The van der Waals surface area contributed by atoms with Crippen molar-refractivity contribution in [3.63, 3.8) is 0 Å². The monoisotopic (exact) mass is 322 g/mol. The van der Waals surface area contributed by atoms with E-state index in [-0.39, 0.29) is 18.4 Å². The molecule has 5 nitrogen and oxygen atoms in total. The smallest absolute Gasteiger partial charge is 0.228 e. The lowest BCUT2D eigenvalue weighted by Crippen LogP contribution is -2.43. The highest BCUT2D eigenvalue weighted by molar-refractivity contribution is 7.88. The lowest BCUT2D eigenvalue weighted by atomic mass is 9.98. The predicted octanol–water partition coefficient (Wildman–Crippen LogP) is 1.79. The molecule has 22 heavy (non-hydrogen) atoms. The summed E-state index contributed by atoms with van der Waals surface area (Å²) in [5.41, 5.74) is 3.51. The van der Waals surface area contributed by atoms with Crippen molar-refractivity contribution >= 4 is 21.6 Å². The van der Waals surface area contributed by atoms with E-state index in [1.165, 1.54) is 28.1 Å². The molecule has 1 fully saturated rings. The number of hydrogen-bond donors (Lipinski definition) is 1. The minimum atomic E-state index is -3.22. The van der Waals surface area contributed by atoms with E-state index in [9.17, 15) is 13.2 Å². The van der Waals surface area contributed by atoms with Crippen LogP contribution in [0.4, 0.5) is 5.69 Å². The van der Waals surface area contributed by atoms with Gasteiger partial charge < -0.3 is 5.32 Å². The topological polar surface area (TPSA) is 66.5 Å². The van der Waals surface area contributed by atoms with Gasteiger partial charge in [-0.1, -0.05) is 6.07 Å². The highest BCUT2D eigenvalue weighted by Crippen LogP contribution is 2.26. The molecule has 0 aromatic heterocycles. The third-order valence-corrected chi connectivity index (χ3v) is 5.86. The second kappa shape index (κ2) is 6.01. The van der Waals surface area contributed by atoms with Crippen molar-refractivity contribution in [2.75, 3.05) is 24.7 Å². The molecule has 3 rings (SSSR count). The summed E-state index contributed by atoms with van der Waals surface area (Å²) in [5.74, 6) is -0.344. The fraction of sp³-hybridized carbons (Fsp3) is 0.562. The SMILES string of the molecule is CS(=O)(=O)N1CCC[C@H](C(=O)Nc2ccc3c(c2)CCC3)C1. The van der Waals surface area contributed by atoms with Gasteiger partial charge in [-0.15, -0.1) is 0 Å². The number of carbonyl (C=O) groups excluding carboxylic acids is 1. The average Bonchev–Trinajstić information content (AvgIpc) is 2.94. The maximum absolute atomic E-state index is 12.4. The Kier molecular flexibility index (Phi) is 4.23. The van der Waals surface area contributed by atoms with Crippen molar-refractivity contribution in [1.29, 1.82) is 0 Å². The molecule has 0 saturated carbocycles. The molecule has 1 aromatic carbocycles. The zero-order chi connectivity index (χ0) is 15.7. The van der Waals surface area contributed by atoms with Gasteiger partial charge in [0, 0.05) is 18.8 Å². The van der Waals surface area contributed by atoms with E-state index in [2.05, 4.69) is 17.4 Å². The number of amides is 1. The van der Waals surface area contributed by atoms with E-state index < -0.39 is 10.0 Å². The number of nitrogens with zero attached hydrogens (tertiary/aromatic N) is 1. The summed E-state index contributed by atoms with van der Waals surface area (Å²) in [4.78, 5) is 12.4. The number of piperidine rings is 1. The molecular weight excluding hydrogens is 300 g/mol. The van der Waals surface area contributed by atoms with Crippen LogP contribution in [0.5, 0.6) is 0 Å². The van der Waals surface area contributed by atoms with E-state index >= 15 is 0 Å². The van der Waals surface area contributed by atoms with Crippen molar-refractivity contribution in [2.45, 2.75) is 32.1 Å². The van der Waals surface area contributed by atoms with Gasteiger partial charge in [-0.3, -0.25) is 4.79 Å². The summed E-state index contributed by atoms with van der Waals surface area (Å²) < 4.78 is 24.7. The van der Waals surface area contributed by atoms with Gasteiger partial charge in [0.15, 0.2) is 0 Å². The number of benzene rings is 1. The molecule has 0 bridgehead atoms. The number of nitrogens with one attached hydrogen (secondary N) is 1. The molecule has 0 spiro atoms. The number of sulfonamides is 1. The lowest BCUT2D eigenvalue weighted by Gasteiger charge is -2.30. The normalized spacial score (nSPS) is 22.3. The summed E-state index contributed by atoms with van der Waals surface area (Å²) in [6, 6.07) is 6.08. The minimum absolute atomic E-state index is 0.0775. The van der Waals surface area contributed by atoms with Crippen LogP contribution in [0.15, 0.2) is 18.2 Å². The zero-order valence-electron chi connectivity index (χ0n) is 12.8. The van der Waals surface area contributed by atoms with Gasteiger partial charge in [-0.05, 0) is 55.4 Å². The summed E-state index contributed by atoms with van der Waals surface area (Å²) in [7, 11) is -3.22. The first-order chi connectivity index (χ1) is 10.4. The van der Waals surface area contributed by atoms with Crippen LogP contribution >= 0.6 is 0 Å². The molecule has 1 aliphatic carbocycles. The Hall–Kier alpha value is -1.40. The molecule has 1 atom stereocenters. The lowest BCUT2D eigenvalue weighted by molar-refractivity contribution is -0.120. The van der Waals surface area contributed by atoms with E-state index in [0.29, 0.717) is 6.54 Å². The van der Waals surface area contributed by atoms with Crippen LogP contribution in [0.1, 0.15) is 30.4 Å². The molecule has 1 aliphatic heterocycles. The Morgan fingerprint density at radius 2 is 2.00 bits per heavy atom. The van der Waals surface area contributed by atoms with Gasteiger partial charge in [-0.2, -0.15) is 0 Å². The molecule has 1 aromatic rings. The van der Waals surface area contributed by atoms with Crippen molar-refractivity contribution in [3.05, 3.63) is 29.3 Å². The highest BCUT2D eigenvalue weighted by Gasteiger charge is 2.30. The Bertz CT molecular complexity index is 685. The van der Waals surface area contributed by atoms with Crippen molar-refractivity contribution in [1.82, 2.24) is 4.31 Å². The largest absolute Gasteiger partial charge is 0.326 e. The van der Waals surface area contributed by atoms with Crippen LogP contribution in [0, 0.1) is 5.92 Å². The molecule has 0 radical (unpaired) electrons. The number of aryl methyl sites for hydroxylation is 2.